The molecule has 0 atom stereocenters. The third kappa shape index (κ3) is 16.6. The highest BCUT2D eigenvalue weighted by molar-refractivity contribution is 7.17. The van der Waals surface area contributed by atoms with Gasteiger partial charge in [-0.1, -0.05) is 12.1 Å². The highest BCUT2D eigenvalue weighted by atomic mass is 32.1. The number of halogens is 2. The van der Waals surface area contributed by atoms with Gasteiger partial charge in [-0.05, 0) is 402 Å². The van der Waals surface area contributed by atoms with Crippen molar-refractivity contribution in [2.24, 2.45) is 0 Å². The monoisotopic (exact) mass is 1940 g/mol. The van der Waals surface area contributed by atoms with E-state index in [1.165, 1.54) is 173 Å². The molecule has 11 N–H and O–H groups in total. The van der Waals surface area contributed by atoms with Crippen LogP contribution in [0.4, 0.5) is 14.5 Å². The average Bonchev–Trinajstić information content (AvgIpc) is 1.29. The predicted molar refractivity (Wildman–Crippen MR) is 579 cm³/mol. The number of hydrogen-bond donors (Lipinski definition) is 10. The third-order valence-electron chi connectivity index (χ3n) is 30.4. The van der Waals surface area contributed by atoms with E-state index < -0.39 is 17.4 Å². The van der Waals surface area contributed by atoms with Crippen molar-refractivity contribution in [1.29, 1.82) is 0 Å². The average molecular weight is 1940 g/mol. The molecule has 0 saturated heterocycles. The molecule has 6 aliphatic rings. The minimum absolute atomic E-state index is 0.0713. The maximum atomic E-state index is 13.9. The van der Waals surface area contributed by atoms with E-state index >= 15 is 0 Å². The van der Waals surface area contributed by atoms with Crippen LogP contribution in [0.2, 0.25) is 0 Å². The molecule has 0 radical (unpaired) electrons. The van der Waals surface area contributed by atoms with Gasteiger partial charge in [0.25, 0.3) is 0 Å². The van der Waals surface area contributed by atoms with Gasteiger partial charge in [0.05, 0.1) is 109 Å². The minimum atomic E-state index is -0.975. The van der Waals surface area contributed by atoms with Crippen molar-refractivity contribution in [3.8, 4) is 84.8 Å². The summed E-state index contributed by atoms with van der Waals surface area (Å²) >= 11 is 1.80. The molecular formula is C121H100F2N16O6S. The molecule has 146 heavy (non-hydrogen) atoms. The fourth-order valence-corrected chi connectivity index (χ4v) is 24.4. The number of aromatic nitrogens is 15. The van der Waals surface area contributed by atoms with Gasteiger partial charge in [0.1, 0.15) is 17.1 Å². The SMILES string of the molecule is Nc1ccc(-c2nc3ccc4[nH]ncc4c3c3c2CCCC3)cc1.O=c1ccc(-c2[nH]c3ccc4nccc4c3c3c2CCCC3)c[nH]1.O=c1ccc(-c2nc3ccc4[nH]ncc4c3c3c2CCCC3)c[nH]1.Oc1c(F)cc(-c2nc3ccc4[nH]ncc4c3c3c2CCCC3)cc1F.Oc1ccc(-c2nc3ccc4occc4c3c3c2CCCC3)cc1.Oc1ccc(-c2nc3ccc4sccc4c3c3c2CCCC3)cc1. The number of thiophene rings is 1. The molecule has 0 unspecified atom stereocenters. The molecule has 14 aromatic heterocycles. The number of nitrogens with zero attached hydrogens (tertiary/aromatic N) is 9. The number of aromatic amines is 6. The summed E-state index contributed by atoms with van der Waals surface area (Å²) in [6.45, 7) is 0. The summed E-state index contributed by atoms with van der Waals surface area (Å²) in [6.07, 6.45) is 39.6. The zero-order chi connectivity index (χ0) is 98.3. The highest BCUT2D eigenvalue weighted by Gasteiger charge is 2.30. The van der Waals surface area contributed by atoms with Crippen LogP contribution in [0.3, 0.4) is 0 Å². The second-order valence-electron chi connectivity index (χ2n) is 39.0. The van der Waals surface area contributed by atoms with Crippen LogP contribution >= 0.6 is 11.3 Å². The Morgan fingerprint density at radius 2 is 0.685 bits per heavy atom. The van der Waals surface area contributed by atoms with Crippen molar-refractivity contribution in [3.63, 3.8) is 0 Å². The third-order valence-corrected chi connectivity index (χ3v) is 31.2. The Kier molecular flexibility index (Phi) is 23.6. The normalized spacial score (nSPS) is 14.2. The van der Waals surface area contributed by atoms with Crippen molar-refractivity contribution in [2.75, 3.05) is 5.73 Å². The van der Waals surface area contributed by atoms with E-state index in [1.54, 1.807) is 72.6 Å². The van der Waals surface area contributed by atoms with Crippen LogP contribution < -0.4 is 16.9 Å². The number of aryl methyl sites for hydroxylation is 6. The Labute approximate surface area is 838 Å². The van der Waals surface area contributed by atoms with Gasteiger partial charge >= 0.3 is 0 Å². The number of aromatic hydroxyl groups is 3. The number of phenols is 3. The number of nitrogen functional groups attached to an aromatic ring is 1. The Balaban J connectivity index is 0.0000000914. The lowest BCUT2D eigenvalue weighted by molar-refractivity contribution is 0.396. The van der Waals surface area contributed by atoms with E-state index in [-0.39, 0.29) is 16.9 Å². The van der Waals surface area contributed by atoms with E-state index in [9.17, 15) is 33.7 Å². The Morgan fingerprint density at radius 3 is 1.13 bits per heavy atom. The van der Waals surface area contributed by atoms with Crippen LogP contribution in [0.5, 0.6) is 17.2 Å². The van der Waals surface area contributed by atoms with Crippen molar-refractivity contribution in [2.45, 2.75) is 154 Å². The molecule has 0 bridgehead atoms. The van der Waals surface area contributed by atoms with E-state index in [1.807, 2.05) is 91.4 Å². The Bertz CT molecular complexity index is 8780. The molecule has 0 fully saturated rings. The number of fused-ring (bicyclic) bond motifs is 30. The second kappa shape index (κ2) is 38.1. The van der Waals surface area contributed by atoms with E-state index in [4.69, 9.17) is 35.1 Å². The number of benzene rings is 10. The van der Waals surface area contributed by atoms with Gasteiger partial charge in [-0.15, -0.1) is 11.3 Å². The number of furan rings is 1. The van der Waals surface area contributed by atoms with Gasteiger partial charge in [-0.3, -0.25) is 29.9 Å². The summed E-state index contributed by atoms with van der Waals surface area (Å²) in [4.78, 5) is 61.2. The zero-order valence-corrected chi connectivity index (χ0v) is 80.8. The summed E-state index contributed by atoms with van der Waals surface area (Å²) in [5.74, 6) is -2.32. The number of nitrogens with two attached hydrogens (primary N) is 1. The molecule has 0 spiro atoms. The summed E-state index contributed by atoms with van der Waals surface area (Å²) in [5.41, 5.74) is 45.5. The summed E-state index contributed by atoms with van der Waals surface area (Å²) in [7, 11) is 0. The van der Waals surface area contributed by atoms with Crippen LogP contribution in [0.25, 0.3) is 198 Å². The van der Waals surface area contributed by atoms with Crippen LogP contribution in [0.1, 0.15) is 144 Å². The van der Waals surface area contributed by atoms with Crippen molar-refractivity contribution >= 4 is 147 Å². The number of anilines is 1. The number of rotatable bonds is 6. The van der Waals surface area contributed by atoms with Crippen LogP contribution in [-0.2, 0) is 77.0 Å². The number of nitrogens with one attached hydrogen (secondary N) is 6. The molecule has 10 aromatic carbocycles. The van der Waals surface area contributed by atoms with Crippen molar-refractivity contribution < 1.29 is 28.5 Å². The number of pyridine rings is 8. The van der Waals surface area contributed by atoms with Gasteiger partial charge in [0.2, 0.25) is 11.1 Å². The lowest BCUT2D eigenvalue weighted by Gasteiger charge is -2.22. The molecule has 0 amide bonds. The second-order valence-corrected chi connectivity index (χ2v) is 39.9. The lowest BCUT2D eigenvalue weighted by Crippen LogP contribution is -2.09. The molecule has 0 saturated carbocycles. The first kappa shape index (κ1) is 90.4. The molecule has 6 aliphatic carbocycles. The topological polar surface area (TPSA) is 345 Å². The summed E-state index contributed by atoms with van der Waals surface area (Å²) in [5, 5.41) is 67.0. The van der Waals surface area contributed by atoms with Crippen molar-refractivity contribution in [3.05, 3.63) is 348 Å². The van der Waals surface area contributed by atoms with Gasteiger partial charge in [-0.25, -0.2) is 33.7 Å². The standard InChI is InChI=1S/C21H17NO2.C21H17NOS.C20H15F2N3O.C20H18N4.C20H17N3O.C19H16N4O/c2*23-14-7-5-13(6-8-14)21-16-4-2-1-3-15(16)20-17-11-12-24-19(17)10-9-18(20)22-21;21-14-7-10(8-15(22)20(14)26)19-12-4-2-1-3-11(12)18-13-9-23-25-16(13)5-6-17(18)24-19;21-13-7-5-12(6-8-13)20-15-4-2-1-3-14(15)19-16-11-22-24-17(16)9-10-18(19)23-20;24-18-8-5-12(11-22-18)20-14-4-2-1-3-13(14)19-15-9-10-21-16(15)6-7-17(19)23-20;24-17-8-5-11(9-20-17)19-13-4-2-1-3-12(13)18-14-10-21-23-15(14)6-7-16(18)22-19/h2*5-12,23H,1-4H2;5-9,26H,1-4H2,(H,23,25);5-11H,1-4,21H2,(H,22,24);5-11,23H,1-4H2,(H,22,24);5-10H,1-4H2,(H,20,24)(H,21,23). The highest BCUT2D eigenvalue weighted by Crippen LogP contribution is 2.48. The van der Waals surface area contributed by atoms with Gasteiger partial charge < -0.3 is 40.4 Å². The largest absolute Gasteiger partial charge is 0.508 e. The van der Waals surface area contributed by atoms with Crippen molar-refractivity contribution in [1.82, 2.24) is 75.4 Å². The fraction of sp³-hybridized carbons (Fsp3) is 0.198. The Morgan fingerprint density at radius 1 is 0.322 bits per heavy atom. The molecule has 30 rings (SSSR count). The van der Waals surface area contributed by atoms with Gasteiger partial charge in [-0.2, -0.15) is 15.3 Å². The smallest absolute Gasteiger partial charge is 0.247 e. The lowest BCUT2D eigenvalue weighted by atomic mass is 9.85. The molecule has 14 heterocycles. The maximum absolute atomic E-state index is 13.9. The molecule has 24 aromatic rings. The van der Waals surface area contributed by atoms with Crippen LogP contribution in [0, 0.1) is 11.6 Å². The number of H-pyrrole nitrogens is 6. The number of phenolic OH excluding ortho intramolecular Hbond substituents is 3. The van der Waals surface area contributed by atoms with Crippen LogP contribution in [0.15, 0.2) is 263 Å². The van der Waals surface area contributed by atoms with E-state index in [0.29, 0.717) is 17.0 Å². The molecule has 720 valence electrons. The maximum Gasteiger partial charge on any atom is 0.247 e. The molecular weight excluding hydrogens is 1840 g/mol. The summed E-state index contributed by atoms with van der Waals surface area (Å²) < 4.78 is 34.7. The molecule has 25 heteroatoms. The van der Waals surface area contributed by atoms with Gasteiger partial charge in [0, 0.05) is 145 Å². The predicted octanol–water partition coefficient (Wildman–Crippen LogP) is 27.1. The quantitative estimate of drug-likeness (QED) is 0.0692. The fourth-order valence-electron chi connectivity index (χ4n) is 23.6. The first-order valence-electron chi connectivity index (χ1n) is 50.6. The molecule has 0 aliphatic heterocycles. The van der Waals surface area contributed by atoms with Crippen LogP contribution in [-0.4, -0.2) is 90.8 Å². The number of hydrogen-bond acceptors (Lipinski definition) is 17. The molecule has 22 nitrogen and oxygen atoms in total. The van der Waals surface area contributed by atoms with E-state index in [2.05, 4.69) is 135 Å². The summed E-state index contributed by atoms with van der Waals surface area (Å²) in [6, 6.07) is 63.2. The minimum Gasteiger partial charge on any atom is -0.508 e. The van der Waals surface area contributed by atoms with Gasteiger partial charge in [0.15, 0.2) is 17.4 Å². The Hall–Kier alpha value is -16.9. The first-order valence-corrected chi connectivity index (χ1v) is 51.5. The first-order chi connectivity index (χ1) is 71.7. The zero-order valence-electron chi connectivity index (χ0n) is 80.0. The van der Waals surface area contributed by atoms with E-state index in [0.717, 1.165) is 252 Å².